The van der Waals surface area contributed by atoms with Gasteiger partial charge < -0.3 is 10.1 Å². The van der Waals surface area contributed by atoms with Crippen LogP contribution in [0.25, 0.3) is 0 Å². The Bertz CT molecular complexity index is 1120. The van der Waals surface area contributed by atoms with E-state index in [9.17, 15) is 9.59 Å². The van der Waals surface area contributed by atoms with Gasteiger partial charge in [0, 0.05) is 24.2 Å². The number of hydrogen-bond acceptors (Lipinski definition) is 3. The van der Waals surface area contributed by atoms with Crippen LogP contribution in [0, 0.1) is 6.92 Å². The minimum atomic E-state index is -1.07. The summed E-state index contributed by atoms with van der Waals surface area (Å²) in [6.07, 6.45) is 0.431. The van der Waals surface area contributed by atoms with Crippen molar-refractivity contribution in [3.8, 4) is 5.75 Å². The quantitative estimate of drug-likeness (QED) is 0.678. The average Bonchev–Trinajstić information content (AvgIpc) is 2.79. The molecular weight excluding hydrogens is 388 g/mol. The second kappa shape index (κ2) is 8.26. The summed E-state index contributed by atoms with van der Waals surface area (Å²) in [5, 5.41) is 3.07. The normalized spacial score (nSPS) is 17.8. The molecule has 0 saturated heterocycles. The van der Waals surface area contributed by atoms with Crippen molar-refractivity contribution in [2.45, 2.75) is 32.4 Å². The molecular formula is C26H26N2O3. The van der Waals surface area contributed by atoms with Crippen molar-refractivity contribution in [1.29, 1.82) is 0 Å². The molecule has 0 spiro atoms. The van der Waals surface area contributed by atoms with Crippen molar-refractivity contribution in [1.82, 2.24) is 5.32 Å². The van der Waals surface area contributed by atoms with Gasteiger partial charge in [0.25, 0.3) is 5.91 Å². The molecule has 1 atom stereocenters. The van der Waals surface area contributed by atoms with E-state index in [0.717, 1.165) is 16.7 Å². The standard InChI is InChI=1S/C26H26N2O3/c1-18-8-4-5-10-20(18)17-27-25(30)26(2)16-19-9-6-7-11-23(19)24(29)28(26)21-12-14-22(31-3)15-13-21/h4-15H,16-17H2,1-3H3,(H,27,30). The van der Waals surface area contributed by atoms with E-state index in [0.29, 0.717) is 30.0 Å². The van der Waals surface area contributed by atoms with E-state index in [4.69, 9.17) is 4.74 Å². The first kappa shape index (κ1) is 20.7. The van der Waals surface area contributed by atoms with Gasteiger partial charge in [0.1, 0.15) is 11.3 Å². The number of amides is 2. The van der Waals surface area contributed by atoms with E-state index < -0.39 is 5.54 Å². The van der Waals surface area contributed by atoms with Crippen LogP contribution in [-0.2, 0) is 17.8 Å². The summed E-state index contributed by atoms with van der Waals surface area (Å²) in [5.41, 5.74) is 3.27. The van der Waals surface area contributed by atoms with E-state index >= 15 is 0 Å². The second-order valence-corrected chi connectivity index (χ2v) is 8.06. The SMILES string of the molecule is COc1ccc(N2C(=O)c3ccccc3CC2(C)C(=O)NCc2ccccc2C)cc1. The van der Waals surface area contributed by atoms with Gasteiger partial charge >= 0.3 is 0 Å². The minimum Gasteiger partial charge on any atom is -0.497 e. The van der Waals surface area contributed by atoms with E-state index in [-0.39, 0.29) is 11.8 Å². The molecule has 3 aromatic carbocycles. The van der Waals surface area contributed by atoms with Crippen molar-refractivity contribution in [3.05, 3.63) is 95.1 Å². The molecule has 2 amide bonds. The summed E-state index contributed by atoms with van der Waals surface area (Å²) in [7, 11) is 1.60. The van der Waals surface area contributed by atoms with Gasteiger partial charge in [-0.25, -0.2) is 0 Å². The zero-order chi connectivity index (χ0) is 22.0. The van der Waals surface area contributed by atoms with Gasteiger partial charge in [-0.15, -0.1) is 0 Å². The molecule has 1 N–H and O–H groups in total. The molecule has 4 rings (SSSR count). The number of ether oxygens (including phenoxy) is 1. The van der Waals surface area contributed by atoms with Gasteiger partial charge in [0.15, 0.2) is 0 Å². The number of nitrogens with one attached hydrogen (secondary N) is 1. The Morgan fingerprint density at radius 2 is 1.71 bits per heavy atom. The van der Waals surface area contributed by atoms with Crippen molar-refractivity contribution in [3.63, 3.8) is 0 Å². The molecule has 1 aliphatic rings. The maximum atomic E-state index is 13.5. The van der Waals surface area contributed by atoms with Crippen molar-refractivity contribution in [2.24, 2.45) is 0 Å². The number of fused-ring (bicyclic) bond motifs is 1. The van der Waals surface area contributed by atoms with Gasteiger partial charge in [-0.1, -0.05) is 42.5 Å². The summed E-state index contributed by atoms with van der Waals surface area (Å²) in [6.45, 7) is 4.26. The fourth-order valence-electron chi connectivity index (χ4n) is 4.17. The molecule has 0 radical (unpaired) electrons. The molecule has 1 unspecified atom stereocenters. The lowest BCUT2D eigenvalue weighted by molar-refractivity contribution is -0.126. The van der Waals surface area contributed by atoms with Gasteiger partial charge in [-0.3, -0.25) is 14.5 Å². The predicted molar refractivity (Wildman–Crippen MR) is 121 cm³/mol. The zero-order valence-electron chi connectivity index (χ0n) is 18.0. The van der Waals surface area contributed by atoms with E-state index in [1.165, 1.54) is 0 Å². The van der Waals surface area contributed by atoms with Crippen LogP contribution in [0.4, 0.5) is 5.69 Å². The zero-order valence-corrected chi connectivity index (χ0v) is 18.0. The fourth-order valence-corrected chi connectivity index (χ4v) is 4.17. The van der Waals surface area contributed by atoms with Gasteiger partial charge in [-0.2, -0.15) is 0 Å². The number of carbonyl (C=O) groups excluding carboxylic acids is 2. The predicted octanol–water partition coefficient (Wildman–Crippen LogP) is 4.28. The summed E-state index contributed by atoms with van der Waals surface area (Å²) >= 11 is 0. The van der Waals surface area contributed by atoms with Crippen molar-refractivity contribution in [2.75, 3.05) is 12.0 Å². The smallest absolute Gasteiger partial charge is 0.259 e. The van der Waals surface area contributed by atoms with E-state index in [1.54, 1.807) is 24.1 Å². The summed E-state index contributed by atoms with van der Waals surface area (Å²) < 4.78 is 5.26. The number of anilines is 1. The van der Waals surface area contributed by atoms with Crippen LogP contribution in [0.1, 0.15) is 34.0 Å². The molecule has 158 valence electrons. The molecule has 0 aliphatic carbocycles. The van der Waals surface area contributed by atoms with Gasteiger partial charge in [0.2, 0.25) is 5.91 Å². The number of methoxy groups -OCH3 is 1. The first-order valence-corrected chi connectivity index (χ1v) is 10.3. The molecule has 1 heterocycles. The number of rotatable bonds is 5. The van der Waals surface area contributed by atoms with E-state index in [1.807, 2.05) is 74.5 Å². The highest BCUT2D eigenvalue weighted by atomic mass is 16.5. The highest BCUT2D eigenvalue weighted by Crippen LogP contribution is 2.36. The number of benzene rings is 3. The van der Waals surface area contributed by atoms with Crippen LogP contribution in [0.5, 0.6) is 5.75 Å². The molecule has 0 bridgehead atoms. The molecule has 1 aliphatic heterocycles. The fraction of sp³-hybridized carbons (Fsp3) is 0.231. The lowest BCUT2D eigenvalue weighted by atomic mass is 9.82. The monoisotopic (exact) mass is 414 g/mol. The Hall–Kier alpha value is -3.60. The topological polar surface area (TPSA) is 58.6 Å². The summed E-state index contributed by atoms with van der Waals surface area (Å²) in [5.74, 6) is 0.328. The van der Waals surface area contributed by atoms with Crippen molar-refractivity contribution < 1.29 is 14.3 Å². The number of carbonyl (C=O) groups is 2. The molecule has 3 aromatic rings. The number of nitrogens with zero attached hydrogens (tertiary/aromatic N) is 1. The highest BCUT2D eigenvalue weighted by Gasteiger charge is 2.47. The molecule has 0 fully saturated rings. The lowest BCUT2D eigenvalue weighted by Crippen LogP contribution is -2.63. The Kier molecular flexibility index (Phi) is 5.51. The number of aryl methyl sites for hydroxylation is 1. The molecule has 5 heteroatoms. The Morgan fingerprint density at radius 1 is 1.03 bits per heavy atom. The maximum absolute atomic E-state index is 13.5. The molecule has 31 heavy (non-hydrogen) atoms. The Labute approximate surface area is 182 Å². The third-order valence-corrected chi connectivity index (χ3v) is 6.00. The summed E-state index contributed by atoms with van der Waals surface area (Å²) in [4.78, 5) is 28.7. The van der Waals surface area contributed by atoms with Crippen LogP contribution in [-0.4, -0.2) is 24.5 Å². The van der Waals surface area contributed by atoms with Crippen LogP contribution < -0.4 is 15.0 Å². The maximum Gasteiger partial charge on any atom is 0.259 e. The molecule has 5 nitrogen and oxygen atoms in total. The molecule has 0 saturated carbocycles. The first-order chi connectivity index (χ1) is 14.9. The largest absolute Gasteiger partial charge is 0.497 e. The Balaban J connectivity index is 1.71. The number of hydrogen-bond donors (Lipinski definition) is 1. The first-order valence-electron chi connectivity index (χ1n) is 10.3. The minimum absolute atomic E-state index is 0.180. The van der Waals surface area contributed by atoms with Crippen molar-refractivity contribution >= 4 is 17.5 Å². The highest BCUT2D eigenvalue weighted by molar-refractivity contribution is 6.14. The third-order valence-electron chi connectivity index (χ3n) is 6.00. The van der Waals surface area contributed by atoms with Crippen LogP contribution in [0.2, 0.25) is 0 Å². The van der Waals surface area contributed by atoms with Gasteiger partial charge in [0.05, 0.1) is 7.11 Å². The van der Waals surface area contributed by atoms with Gasteiger partial charge in [-0.05, 0) is 60.9 Å². The van der Waals surface area contributed by atoms with Crippen LogP contribution in [0.15, 0.2) is 72.8 Å². The Morgan fingerprint density at radius 3 is 2.42 bits per heavy atom. The second-order valence-electron chi connectivity index (χ2n) is 8.06. The van der Waals surface area contributed by atoms with Crippen LogP contribution >= 0.6 is 0 Å². The van der Waals surface area contributed by atoms with E-state index in [2.05, 4.69) is 5.32 Å². The third kappa shape index (κ3) is 3.79. The summed E-state index contributed by atoms with van der Waals surface area (Å²) in [6, 6.07) is 22.7. The average molecular weight is 415 g/mol. The molecule has 0 aromatic heterocycles. The van der Waals surface area contributed by atoms with Crippen LogP contribution in [0.3, 0.4) is 0 Å². The lowest BCUT2D eigenvalue weighted by Gasteiger charge is -2.44.